The van der Waals surface area contributed by atoms with Gasteiger partial charge in [-0.25, -0.2) is 4.98 Å². The fourth-order valence-electron chi connectivity index (χ4n) is 0.886. The van der Waals surface area contributed by atoms with Crippen LogP contribution in [0.5, 0.6) is 0 Å². The molecule has 14 heavy (non-hydrogen) atoms. The highest BCUT2D eigenvalue weighted by Gasteiger charge is 2.14. The van der Waals surface area contributed by atoms with Gasteiger partial charge in [0, 0.05) is 30.0 Å². The number of amidine groups is 1. The van der Waals surface area contributed by atoms with Gasteiger partial charge in [-0.3, -0.25) is 4.99 Å². The first kappa shape index (κ1) is 11.2. The maximum atomic E-state index is 5.82. The predicted octanol–water partition coefficient (Wildman–Crippen LogP) is 2.09. The zero-order chi connectivity index (χ0) is 10.6. The number of aliphatic imine (C=N–C) groups is 1. The van der Waals surface area contributed by atoms with Crippen LogP contribution in [0.2, 0.25) is 0 Å². The molecule has 0 radical (unpaired) electrons. The number of rotatable bonds is 3. The Morgan fingerprint density at radius 1 is 1.57 bits per heavy atom. The summed E-state index contributed by atoms with van der Waals surface area (Å²) in [6.07, 6.45) is 2.70. The first-order valence-electron chi connectivity index (χ1n) is 4.69. The highest BCUT2D eigenvalue weighted by atomic mass is 32.1. The van der Waals surface area contributed by atoms with Crippen LogP contribution in [0.4, 0.5) is 0 Å². The minimum atomic E-state index is -0.0249. The average Bonchev–Trinajstić information content (AvgIpc) is 2.55. The van der Waals surface area contributed by atoms with E-state index in [-0.39, 0.29) is 5.41 Å². The fraction of sp³-hybridized carbons (Fsp3) is 0.600. The van der Waals surface area contributed by atoms with Crippen LogP contribution in [0.3, 0.4) is 0 Å². The van der Waals surface area contributed by atoms with Gasteiger partial charge in [-0.15, -0.1) is 11.3 Å². The molecule has 1 aromatic rings. The molecule has 0 spiro atoms. The summed E-state index contributed by atoms with van der Waals surface area (Å²) in [5, 5.41) is 3.10. The largest absolute Gasteiger partial charge is 0.387 e. The third-order valence-electron chi connectivity index (χ3n) is 1.86. The lowest BCUT2D eigenvalue weighted by atomic mass is 9.95. The predicted molar refractivity (Wildman–Crippen MR) is 61.8 cm³/mol. The molecule has 0 aliphatic heterocycles. The monoisotopic (exact) mass is 211 g/mol. The van der Waals surface area contributed by atoms with Crippen molar-refractivity contribution in [1.29, 1.82) is 0 Å². The number of hydrogen-bond acceptors (Lipinski definition) is 3. The lowest BCUT2D eigenvalue weighted by Gasteiger charge is -2.17. The minimum absolute atomic E-state index is 0.0249. The van der Waals surface area contributed by atoms with Crippen molar-refractivity contribution in [2.75, 3.05) is 6.54 Å². The molecule has 2 N–H and O–H groups in total. The van der Waals surface area contributed by atoms with Crippen LogP contribution in [0, 0.1) is 5.41 Å². The van der Waals surface area contributed by atoms with Crippen LogP contribution in [0.25, 0.3) is 0 Å². The van der Waals surface area contributed by atoms with E-state index in [1.54, 1.807) is 11.3 Å². The van der Waals surface area contributed by atoms with Gasteiger partial charge in [0.05, 0.1) is 10.8 Å². The first-order valence-corrected chi connectivity index (χ1v) is 5.57. The summed E-state index contributed by atoms with van der Waals surface area (Å²) in [6.45, 7) is 6.93. The van der Waals surface area contributed by atoms with E-state index < -0.39 is 0 Å². The van der Waals surface area contributed by atoms with E-state index in [4.69, 9.17) is 5.73 Å². The highest BCUT2D eigenvalue weighted by Crippen LogP contribution is 2.13. The van der Waals surface area contributed by atoms with Crippen molar-refractivity contribution in [2.45, 2.75) is 27.2 Å². The fourth-order valence-corrected chi connectivity index (χ4v) is 1.50. The summed E-state index contributed by atoms with van der Waals surface area (Å²) in [5.41, 5.74) is 5.80. The van der Waals surface area contributed by atoms with E-state index in [0.29, 0.717) is 5.84 Å². The topological polar surface area (TPSA) is 51.3 Å². The number of nitrogens with two attached hydrogens (primary N) is 1. The molecule has 1 rings (SSSR count). The molecular formula is C10H17N3S. The van der Waals surface area contributed by atoms with Crippen molar-refractivity contribution in [3.63, 3.8) is 0 Å². The number of nitrogens with zero attached hydrogens (tertiary/aromatic N) is 2. The Bertz CT molecular complexity index is 296. The van der Waals surface area contributed by atoms with Crippen molar-refractivity contribution in [3.8, 4) is 0 Å². The molecule has 1 heterocycles. The molecular weight excluding hydrogens is 194 g/mol. The maximum Gasteiger partial charge on any atom is 0.0991 e. The Balaban J connectivity index is 2.41. The maximum absolute atomic E-state index is 5.82. The normalized spacial score (nSPS) is 13.2. The van der Waals surface area contributed by atoms with E-state index in [9.17, 15) is 0 Å². The summed E-state index contributed by atoms with van der Waals surface area (Å²) in [4.78, 5) is 8.52. The average molecular weight is 211 g/mol. The standard InChI is InChI=1S/C10H17N3S/c1-10(2,3)9(11)13-5-4-8-12-6-7-14-8/h6-7H,4-5H2,1-3H3,(H2,11,13). The molecule has 1 aromatic heterocycles. The van der Waals surface area contributed by atoms with Gasteiger partial charge in [-0.05, 0) is 0 Å². The van der Waals surface area contributed by atoms with Crippen LogP contribution in [0.15, 0.2) is 16.6 Å². The van der Waals surface area contributed by atoms with Gasteiger partial charge >= 0.3 is 0 Å². The molecule has 3 nitrogen and oxygen atoms in total. The van der Waals surface area contributed by atoms with Crippen LogP contribution in [0.1, 0.15) is 25.8 Å². The Morgan fingerprint density at radius 2 is 2.29 bits per heavy atom. The van der Waals surface area contributed by atoms with E-state index in [0.717, 1.165) is 18.0 Å². The van der Waals surface area contributed by atoms with Gasteiger partial charge in [0.25, 0.3) is 0 Å². The molecule has 0 aliphatic carbocycles. The second-order valence-electron chi connectivity index (χ2n) is 4.19. The molecule has 0 bridgehead atoms. The van der Waals surface area contributed by atoms with Crippen LogP contribution in [-0.2, 0) is 6.42 Å². The third kappa shape index (κ3) is 3.46. The molecule has 0 amide bonds. The SMILES string of the molecule is CC(C)(C)C(N)=NCCc1nccs1. The lowest BCUT2D eigenvalue weighted by molar-refractivity contribution is 0.581. The Hall–Kier alpha value is -0.900. The summed E-state index contributed by atoms with van der Waals surface area (Å²) in [7, 11) is 0. The van der Waals surface area contributed by atoms with Gasteiger partial charge in [0.1, 0.15) is 0 Å². The molecule has 0 atom stereocenters. The van der Waals surface area contributed by atoms with Crippen LogP contribution in [-0.4, -0.2) is 17.4 Å². The van der Waals surface area contributed by atoms with Gasteiger partial charge in [0.15, 0.2) is 0 Å². The molecule has 0 aromatic carbocycles. The van der Waals surface area contributed by atoms with Crippen molar-refractivity contribution in [3.05, 3.63) is 16.6 Å². The number of thiazole rings is 1. The van der Waals surface area contributed by atoms with Crippen LogP contribution >= 0.6 is 11.3 Å². The van der Waals surface area contributed by atoms with Gasteiger partial charge in [-0.2, -0.15) is 0 Å². The van der Waals surface area contributed by atoms with Gasteiger partial charge < -0.3 is 5.73 Å². The molecule has 0 saturated carbocycles. The van der Waals surface area contributed by atoms with E-state index in [2.05, 4.69) is 30.7 Å². The molecule has 4 heteroatoms. The van der Waals surface area contributed by atoms with E-state index >= 15 is 0 Å². The summed E-state index contributed by atoms with van der Waals surface area (Å²) < 4.78 is 0. The highest BCUT2D eigenvalue weighted by molar-refractivity contribution is 7.09. The quantitative estimate of drug-likeness (QED) is 0.615. The Morgan fingerprint density at radius 3 is 2.79 bits per heavy atom. The first-order chi connectivity index (χ1) is 6.50. The molecule has 78 valence electrons. The van der Waals surface area contributed by atoms with Gasteiger partial charge in [-0.1, -0.05) is 20.8 Å². The molecule has 0 fully saturated rings. The van der Waals surface area contributed by atoms with E-state index in [1.165, 1.54) is 0 Å². The summed E-state index contributed by atoms with van der Waals surface area (Å²) >= 11 is 1.66. The molecule has 0 saturated heterocycles. The molecule has 0 unspecified atom stereocenters. The van der Waals surface area contributed by atoms with Gasteiger partial charge in [0.2, 0.25) is 0 Å². The van der Waals surface area contributed by atoms with E-state index in [1.807, 2.05) is 11.6 Å². The van der Waals surface area contributed by atoms with Crippen molar-refractivity contribution in [1.82, 2.24) is 4.98 Å². The van der Waals surface area contributed by atoms with Crippen LogP contribution < -0.4 is 5.73 Å². The second kappa shape index (κ2) is 4.55. The zero-order valence-corrected chi connectivity index (χ0v) is 9.77. The smallest absolute Gasteiger partial charge is 0.0991 e. The number of aromatic nitrogens is 1. The lowest BCUT2D eigenvalue weighted by Crippen LogP contribution is -2.29. The Labute approximate surface area is 89.1 Å². The Kier molecular flexibility index (Phi) is 3.63. The molecule has 0 aliphatic rings. The van der Waals surface area contributed by atoms with Crippen molar-refractivity contribution < 1.29 is 0 Å². The number of hydrogen-bond donors (Lipinski definition) is 1. The third-order valence-corrected chi connectivity index (χ3v) is 2.70. The van der Waals surface area contributed by atoms with Crippen molar-refractivity contribution >= 4 is 17.2 Å². The second-order valence-corrected chi connectivity index (χ2v) is 5.17. The van der Waals surface area contributed by atoms with Crippen molar-refractivity contribution in [2.24, 2.45) is 16.1 Å². The minimum Gasteiger partial charge on any atom is -0.387 e. The summed E-state index contributed by atoms with van der Waals surface area (Å²) in [5.74, 6) is 0.717. The summed E-state index contributed by atoms with van der Waals surface area (Å²) in [6, 6.07) is 0. The zero-order valence-electron chi connectivity index (χ0n) is 8.95.